The molecule has 0 bridgehead atoms. The quantitative estimate of drug-likeness (QED) is 0.124. The highest BCUT2D eigenvalue weighted by atomic mass is 31.2. The van der Waals surface area contributed by atoms with E-state index in [4.69, 9.17) is 20.4 Å². The van der Waals surface area contributed by atoms with Gasteiger partial charge in [0.1, 0.15) is 0 Å². The van der Waals surface area contributed by atoms with Crippen LogP contribution in [0.5, 0.6) is 0 Å². The molecule has 1 aromatic carbocycles. The molecule has 222 valence electrons. The number of hydrogen-bond donors (Lipinski definition) is 5. The minimum Gasteiger partial charge on any atom is -0.396 e. The van der Waals surface area contributed by atoms with Gasteiger partial charge in [-0.15, -0.1) is 0 Å². The Kier molecular flexibility index (Phi) is 9.94. The number of allylic oxidation sites excluding steroid dienone is 1. The average molecular weight is 590 g/mol. The number of carbonyl (C=O) groups is 1. The monoisotopic (exact) mass is 589 g/mol. The molecule has 6 N–H and O–H groups in total. The summed E-state index contributed by atoms with van der Waals surface area (Å²) in [4.78, 5) is 47.6. The topological polar surface area (TPSA) is 198 Å². The number of phosphoric ester groups is 1. The summed E-state index contributed by atoms with van der Waals surface area (Å²) in [6.45, 7) is 3.89. The molecule has 0 spiro atoms. The minimum atomic E-state index is -4.86. The predicted molar refractivity (Wildman–Crippen MR) is 153 cm³/mol. The molecule has 14 nitrogen and oxygen atoms in total. The number of benzene rings is 1. The number of hydroxylamine groups is 1. The van der Waals surface area contributed by atoms with Crippen molar-refractivity contribution in [2.45, 2.75) is 57.7 Å². The van der Waals surface area contributed by atoms with Gasteiger partial charge in [-0.25, -0.2) is 19.4 Å². The maximum absolute atomic E-state index is 11.7. The summed E-state index contributed by atoms with van der Waals surface area (Å²) in [7, 11) is -4.86. The molecule has 2 heterocycles. The number of nitrogens with zero attached hydrogens (tertiary/aromatic N) is 5. The molecule has 2 aliphatic rings. The lowest BCUT2D eigenvalue weighted by molar-refractivity contribution is -0.139. The van der Waals surface area contributed by atoms with Crippen LogP contribution in [0.1, 0.15) is 45.6 Å². The van der Waals surface area contributed by atoms with Crippen LogP contribution in [-0.4, -0.2) is 65.7 Å². The van der Waals surface area contributed by atoms with Gasteiger partial charge >= 0.3 is 13.8 Å². The molecule has 0 unspecified atom stereocenters. The summed E-state index contributed by atoms with van der Waals surface area (Å²) in [5, 5.41) is 13.9. The van der Waals surface area contributed by atoms with E-state index in [1.807, 2.05) is 17.6 Å². The lowest BCUT2D eigenvalue weighted by Crippen LogP contribution is -2.40. The highest BCUT2D eigenvalue weighted by Gasteiger charge is 2.30. The van der Waals surface area contributed by atoms with Crippen LogP contribution in [0.15, 0.2) is 48.8 Å². The molecule has 5 rings (SSSR count). The number of hydrogen-bond acceptors (Lipinski definition) is 11. The highest BCUT2D eigenvalue weighted by Crippen LogP contribution is 2.37. The van der Waals surface area contributed by atoms with E-state index in [2.05, 4.69) is 30.9 Å². The fourth-order valence-electron chi connectivity index (χ4n) is 4.26. The van der Waals surface area contributed by atoms with Crippen LogP contribution in [-0.2, 0) is 18.7 Å². The van der Waals surface area contributed by atoms with Crippen molar-refractivity contribution < 1.29 is 33.6 Å². The molecule has 3 atom stereocenters. The van der Waals surface area contributed by atoms with Crippen LogP contribution in [0.4, 0.5) is 17.5 Å². The molecular formula is C26H36N7O7P. The third kappa shape index (κ3) is 8.24. The lowest BCUT2D eigenvalue weighted by Gasteiger charge is -2.28. The summed E-state index contributed by atoms with van der Waals surface area (Å²) in [5.41, 5.74) is 7.94. The average Bonchev–Trinajstić information content (AvgIpc) is 3.44. The van der Waals surface area contributed by atoms with Crippen molar-refractivity contribution in [3.63, 3.8) is 0 Å². The first-order chi connectivity index (χ1) is 19.6. The summed E-state index contributed by atoms with van der Waals surface area (Å²) in [6.07, 6.45) is 9.83. The molecule has 1 saturated carbocycles. The van der Waals surface area contributed by atoms with E-state index in [9.17, 15) is 14.5 Å². The van der Waals surface area contributed by atoms with Gasteiger partial charge in [-0.1, -0.05) is 37.3 Å². The van der Waals surface area contributed by atoms with Crippen molar-refractivity contribution in [2.75, 3.05) is 29.3 Å². The number of imidazole rings is 1. The highest BCUT2D eigenvalue weighted by molar-refractivity contribution is 7.46. The second-order valence-electron chi connectivity index (χ2n) is 9.88. The number of rotatable bonds is 11. The fraction of sp³-hybridized carbons (Fsp3) is 0.462. The molecule has 0 amide bonds. The van der Waals surface area contributed by atoms with Gasteiger partial charge in [0.05, 0.1) is 24.7 Å². The number of carbonyl (C=O) groups excluding carboxylic acids is 1. The standard InChI is InChI=1S/C14H18N6O.C12H18NO6P/c15-14-18-12(17-9-2-3-9)11-13(19-14)20(7-16-11)10-4-1-8(5-10)6-21;1-3-9-18-13(11-7-5-4-6-8-11)10(2)12(14)19-20(15,16)17/h1,4,7-10,21H,2-3,5-6H2,(H3,15,17,18,19);4-8,10H,3,9H2,1-2H3,(H2,15,16,17)/t8-,10+;10-/m10/s1. The molecule has 2 aliphatic carbocycles. The zero-order valence-corrected chi connectivity index (χ0v) is 23.8. The molecule has 15 heteroatoms. The molecule has 0 radical (unpaired) electrons. The second-order valence-corrected chi connectivity index (χ2v) is 11.0. The van der Waals surface area contributed by atoms with Crippen molar-refractivity contribution in [1.29, 1.82) is 0 Å². The van der Waals surface area contributed by atoms with Crippen molar-refractivity contribution in [3.8, 4) is 0 Å². The first-order valence-electron chi connectivity index (χ1n) is 13.4. The third-order valence-electron chi connectivity index (χ3n) is 6.45. The Bertz CT molecular complexity index is 1390. The number of nitrogens with two attached hydrogens (primary N) is 1. The Morgan fingerprint density at radius 2 is 1.98 bits per heavy atom. The molecule has 41 heavy (non-hydrogen) atoms. The maximum Gasteiger partial charge on any atom is 0.527 e. The Balaban J connectivity index is 0.000000189. The van der Waals surface area contributed by atoms with Gasteiger partial charge in [-0.3, -0.25) is 14.6 Å². The summed E-state index contributed by atoms with van der Waals surface area (Å²) >= 11 is 0. The van der Waals surface area contributed by atoms with Crippen molar-refractivity contribution in [2.24, 2.45) is 5.92 Å². The fourth-order valence-corrected chi connectivity index (χ4v) is 4.64. The first kappa shape index (κ1) is 30.4. The lowest BCUT2D eigenvalue weighted by atomic mass is 10.1. The van der Waals surface area contributed by atoms with Gasteiger partial charge in [0.2, 0.25) is 5.95 Å². The summed E-state index contributed by atoms with van der Waals surface area (Å²) in [5.74, 6) is 0.126. The van der Waals surface area contributed by atoms with Gasteiger partial charge in [-0.2, -0.15) is 9.97 Å². The predicted octanol–water partition coefficient (Wildman–Crippen LogP) is 2.95. The van der Waals surface area contributed by atoms with Gasteiger partial charge in [0.15, 0.2) is 23.0 Å². The smallest absolute Gasteiger partial charge is 0.396 e. The number of anilines is 3. The molecule has 0 aliphatic heterocycles. The third-order valence-corrected chi connectivity index (χ3v) is 6.86. The Morgan fingerprint density at radius 1 is 1.24 bits per heavy atom. The van der Waals surface area contributed by atoms with Crippen molar-refractivity contribution in [1.82, 2.24) is 19.5 Å². The zero-order chi connectivity index (χ0) is 29.6. The van der Waals surface area contributed by atoms with Crippen LogP contribution in [0.3, 0.4) is 0 Å². The number of phosphoric acid groups is 1. The maximum atomic E-state index is 11.7. The number of nitrogens with one attached hydrogen (secondary N) is 1. The molecule has 3 aromatic rings. The van der Waals surface area contributed by atoms with E-state index in [1.165, 1.54) is 12.0 Å². The second kappa shape index (κ2) is 13.4. The van der Waals surface area contributed by atoms with Gasteiger partial charge in [0, 0.05) is 18.6 Å². The largest absolute Gasteiger partial charge is 0.527 e. The van der Waals surface area contributed by atoms with Gasteiger partial charge < -0.3 is 25.2 Å². The number of para-hydroxylation sites is 1. The number of nitrogen functional groups attached to an aromatic ring is 1. The van der Waals surface area contributed by atoms with Crippen molar-refractivity contribution in [3.05, 3.63) is 48.8 Å². The zero-order valence-electron chi connectivity index (χ0n) is 22.9. The van der Waals surface area contributed by atoms with E-state index in [0.29, 0.717) is 18.3 Å². The van der Waals surface area contributed by atoms with E-state index in [0.717, 1.165) is 42.7 Å². The SMILES string of the molecule is CCCON(c1ccccc1)[C@@H](C)C(=O)OP(=O)(O)O.Nc1nc(NC2CC2)c2ncn([C@H]3C=C[C@@H](CO)C3)c2n1. The molecule has 1 fully saturated rings. The van der Waals surface area contributed by atoms with E-state index >= 15 is 0 Å². The van der Waals surface area contributed by atoms with E-state index < -0.39 is 19.8 Å². The minimum absolute atomic E-state index is 0.162. The van der Waals surface area contributed by atoms with E-state index in [-0.39, 0.29) is 24.5 Å². The van der Waals surface area contributed by atoms with Crippen LogP contribution >= 0.6 is 7.82 Å². The van der Waals surface area contributed by atoms with Gasteiger partial charge in [-0.05, 0) is 44.7 Å². The Morgan fingerprint density at radius 3 is 2.59 bits per heavy atom. The van der Waals surface area contributed by atoms with Crippen molar-refractivity contribution >= 4 is 42.4 Å². The number of fused-ring (bicyclic) bond motifs is 1. The van der Waals surface area contributed by atoms with Gasteiger partial charge in [0.25, 0.3) is 0 Å². The molecular weight excluding hydrogens is 553 g/mol. The number of aliphatic hydroxyl groups is 1. The normalized spacial score (nSPS) is 19.0. The Labute approximate surface area is 237 Å². The summed E-state index contributed by atoms with van der Waals surface area (Å²) in [6, 6.07) is 8.43. The Hall–Kier alpha value is -3.55. The number of aliphatic hydroxyl groups excluding tert-OH is 1. The summed E-state index contributed by atoms with van der Waals surface area (Å²) < 4.78 is 16.8. The van der Waals surface area contributed by atoms with Crippen LogP contribution in [0.2, 0.25) is 0 Å². The molecule has 2 aromatic heterocycles. The number of aromatic nitrogens is 4. The first-order valence-corrected chi connectivity index (χ1v) is 14.9. The van der Waals surface area contributed by atoms with Crippen LogP contribution in [0, 0.1) is 5.92 Å². The van der Waals surface area contributed by atoms with Crippen LogP contribution in [0.25, 0.3) is 11.2 Å². The van der Waals surface area contributed by atoms with Crippen LogP contribution < -0.4 is 16.1 Å². The van der Waals surface area contributed by atoms with E-state index in [1.54, 1.807) is 36.7 Å². The molecule has 0 saturated heterocycles.